The fourth-order valence-electron chi connectivity index (χ4n) is 4.72. The number of piperazine rings is 1. The van der Waals surface area contributed by atoms with Gasteiger partial charge in [0.1, 0.15) is 11.5 Å². The van der Waals surface area contributed by atoms with Gasteiger partial charge in [0.2, 0.25) is 0 Å². The maximum Gasteiger partial charge on any atom is 0.272 e. The zero-order valence-electron chi connectivity index (χ0n) is 16.9. The third-order valence-electron chi connectivity index (χ3n) is 6.32. The molecule has 1 aromatic heterocycles. The van der Waals surface area contributed by atoms with E-state index >= 15 is 0 Å². The van der Waals surface area contributed by atoms with Crippen LogP contribution >= 0.6 is 0 Å². The SMILES string of the molecule is O=C(c1cncn1Cc1ccccc1-c1ccc(F)cc1)N1CCN2CCCC2C1. The minimum absolute atomic E-state index is 0.0540. The molecular formula is C24H25FN4O. The zero-order chi connectivity index (χ0) is 20.5. The van der Waals surface area contributed by atoms with Crippen molar-refractivity contribution in [1.29, 1.82) is 0 Å². The van der Waals surface area contributed by atoms with Gasteiger partial charge in [-0.3, -0.25) is 9.69 Å². The summed E-state index contributed by atoms with van der Waals surface area (Å²) in [4.78, 5) is 22.0. The van der Waals surface area contributed by atoms with Crippen LogP contribution < -0.4 is 0 Å². The van der Waals surface area contributed by atoms with Crippen LogP contribution in [-0.4, -0.2) is 57.5 Å². The Balaban J connectivity index is 1.38. The first kappa shape index (κ1) is 19.0. The number of imidazole rings is 1. The Kier molecular flexibility index (Phi) is 5.09. The molecule has 154 valence electrons. The summed E-state index contributed by atoms with van der Waals surface area (Å²) in [5.41, 5.74) is 3.67. The number of aromatic nitrogens is 2. The number of fused-ring (bicyclic) bond motifs is 1. The van der Waals surface area contributed by atoms with Gasteiger partial charge in [-0.05, 0) is 48.2 Å². The molecule has 6 heteroatoms. The lowest BCUT2D eigenvalue weighted by molar-refractivity contribution is 0.0561. The van der Waals surface area contributed by atoms with E-state index in [2.05, 4.69) is 9.88 Å². The normalized spacial score (nSPS) is 19.1. The third kappa shape index (κ3) is 3.63. The van der Waals surface area contributed by atoms with Gasteiger partial charge in [-0.2, -0.15) is 0 Å². The van der Waals surface area contributed by atoms with Crippen molar-refractivity contribution in [2.45, 2.75) is 25.4 Å². The Morgan fingerprint density at radius 1 is 1.07 bits per heavy atom. The Hall–Kier alpha value is -2.99. The fourth-order valence-corrected chi connectivity index (χ4v) is 4.72. The van der Waals surface area contributed by atoms with Crippen molar-refractivity contribution >= 4 is 5.91 Å². The summed E-state index contributed by atoms with van der Waals surface area (Å²) >= 11 is 0. The first-order valence-corrected chi connectivity index (χ1v) is 10.6. The highest BCUT2D eigenvalue weighted by molar-refractivity contribution is 5.92. The molecule has 0 aliphatic carbocycles. The molecule has 3 aromatic rings. The zero-order valence-corrected chi connectivity index (χ0v) is 16.9. The predicted molar refractivity (Wildman–Crippen MR) is 114 cm³/mol. The van der Waals surface area contributed by atoms with Crippen LogP contribution in [0.15, 0.2) is 61.1 Å². The maximum absolute atomic E-state index is 13.4. The van der Waals surface area contributed by atoms with Gasteiger partial charge in [-0.25, -0.2) is 9.37 Å². The molecule has 2 aliphatic heterocycles. The standard InChI is InChI=1S/C24H25FN4O/c25-20-9-7-18(8-10-20)22-6-2-1-4-19(22)15-29-17-26-14-23(29)24(30)28-13-12-27-11-3-5-21(27)16-28/h1-2,4,6-10,14,17,21H,3,5,11-13,15-16H2. The molecule has 0 spiro atoms. The van der Waals surface area contributed by atoms with Gasteiger partial charge in [0, 0.05) is 32.2 Å². The van der Waals surface area contributed by atoms with E-state index in [-0.39, 0.29) is 11.7 Å². The molecule has 0 radical (unpaired) electrons. The molecule has 1 atom stereocenters. The van der Waals surface area contributed by atoms with Crippen molar-refractivity contribution in [3.05, 3.63) is 78.1 Å². The van der Waals surface area contributed by atoms with E-state index < -0.39 is 0 Å². The summed E-state index contributed by atoms with van der Waals surface area (Å²) < 4.78 is 15.3. The number of amides is 1. The van der Waals surface area contributed by atoms with E-state index in [1.165, 1.54) is 25.0 Å². The van der Waals surface area contributed by atoms with E-state index in [9.17, 15) is 9.18 Å². The molecule has 2 saturated heterocycles. The van der Waals surface area contributed by atoms with E-state index in [0.29, 0.717) is 18.3 Å². The van der Waals surface area contributed by atoms with Gasteiger partial charge in [0.15, 0.2) is 0 Å². The van der Waals surface area contributed by atoms with E-state index in [1.54, 1.807) is 24.7 Å². The lowest BCUT2D eigenvalue weighted by Gasteiger charge is -2.37. The van der Waals surface area contributed by atoms with Crippen LogP contribution in [0.5, 0.6) is 0 Å². The predicted octanol–water partition coefficient (Wildman–Crippen LogP) is 3.66. The topological polar surface area (TPSA) is 41.4 Å². The second-order valence-electron chi connectivity index (χ2n) is 8.15. The first-order chi connectivity index (χ1) is 14.7. The van der Waals surface area contributed by atoms with Crippen LogP contribution in [0.4, 0.5) is 4.39 Å². The number of nitrogens with zero attached hydrogens (tertiary/aromatic N) is 4. The first-order valence-electron chi connectivity index (χ1n) is 10.6. The molecule has 0 saturated carbocycles. The second-order valence-corrected chi connectivity index (χ2v) is 8.15. The molecule has 2 fully saturated rings. The molecule has 5 rings (SSSR count). The summed E-state index contributed by atoms with van der Waals surface area (Å²) in [6, 6.07) is 15.1. The average Bonchev–Trinajstić information content (AvgIpc) is 3.43. The molecule has 30 heavy (non-hydrogen) atoms. The van der Waals surface area contributed by atoms with Crippen molar-refractivity contribution in [3.63, 3.8) is 0 Å². The van der Waals surface area contributed by atoms with E-state index in [1.807, 2.05) is 33.7 Å². The molecule has 0 N–H and O–H groups in total. The number of halogens is 1. The van der Waals surface area contributed by atoms with Gasteiger partial charge >= 0.3 is 0 Å². The number of carbonyl (C=O) groups is 1. The van der Waals surface area contributed by atoms with Crippen LogP contribution in [-0.2, 0) is 6.54 Å². The Morgan fingerprint density at radius 2 is 1.90 bits per heavy atom. The van der Waals surface area contributed by atoms with E-state index in [0.717, 1.165) is 42.9 Å². The van der Waals surface area contributed by atoms with Crippen LogP contribution in [0.25, 0.3) is 11.1 Å². The number of benzene rings is 2. The average molecular weight is 404 g/mol. The molecule has 2 aromatic carbocycles. The minimum atomic E-state index is -0.249. The maximum atomic E-state index is 13.4. The van der Waals surface area contributed by atoms with Crippen LogP contribution in [0.3, 0.4) is 0 Å². The number of carbonyl (C=O) groups excluding carboxylic acids is 1. The number of hydrogen-bond acceptors (Lipinski definition) is 3. The van der Waals surface area contributed by atoms with Crippen molar-refractivity contribution < 1.29 is 9.18 Å². The Bertz CT molecular complexity index is 1050. The molecule has 5 nitrogen and oxygen atoms in total. The van der Waals surface area contributed by atoms with E-state index in [4.69, 9.17) is 0 Å². The summed E-state index contributed by atoms with van der Waals surface area (Å²) in [7, 11) is 0. The molecule has 3 heterocycles. The smallest absolute Gasteiger partial charge is 0.272 e. The fraction of sp³-hybridized carbons (Fsp3) is 0.333. The third-order valence-corrected chi connectivity index (χ3v) is 6.32. The van der Waals surface area contributed by atoms with Gasteiger partial charge in [-0.1, -0.05) is 36.4 Å². The summed E-state index contributed by atoms with van der Waals surface area (Å²) in [6.07, 6.45) is 5.79. The summed E-state index contributed by atoms with van der Waals surface area (Å²) in [5, 5.41) is 0. The highest BCUT2D eigenvalue weighted by Crippen LogP contribution is 2.26. The highest BCUT2D eigenvalue weighted by Gasteiger charge is 2.33. The van der Waals surface area contributed by atoms with Crippen molar-refractivity contribution in [2.24, 2.45) is 0 Å². The van der Waals surface area contributed by atoms with Crippen molar-refractivity contribution in [3.8, 4) is 11.1 Å². The van der Waals surface area contributed by atoms with Crippen molar-refractivity contribution in [2.75, 3.05) is 26.2 Å². The number of hydrogen-bond donors (Lipinski definition) is 0. The number of rotatable bonds is 4. The monoisotopic (exact) mass is 404 g/mol. The molecule has 0 bridgehead atoms. The van der Waals surface area contributed by atoms with Gasteiger partial charge in [0.05, 0.1) is 12.5 Å². The lowest BCUT2D eigenvalue weighted by atomic mass is 9.99. The highest BCUT2D eigenvalue weighted by atomic mass is 19.1. The lowest BCUT2D eigenvalue weighted by Crippen LogP contribution is -2.52. The second kappa shape index (κ2) is 8.03. The van der Waals surface area contributed by atoms with Gasteiger partial charge in [0.25, 0.3) is 5.91 Å². The largest absolute Gasteiger partial charge is 0.334 e. The summed E-state index contributed by atoms with van der Waals surface area (Å²) in [6.45, 7) is 4.23. The summed E-state index contributed by atoms with van der Waals surface area (Å²) in [5.74, 6) is -0.195. The molecule has 2 aliphatic rings. The molecular weight excluding hydrogens is 379 g/mol. The van der Waals surface area contributed by atoms with Gasteiger partial charge in [-0.15, -0.1) is 0 Å². The van der Waals surface area contributed by atoms with Crippen molar-refractivity contribution in [1.82, 2.24) is 19.4 Å². The quantitative estimate of drug-likeness (QED) is 0.667. The van der Waals surface area contributed by atoms with Crippen LogP contribution in [0, 0.1) is 5.82 Å². The molecule has 1 amide bonds. The Labute approximate surface area is 175 Å². The molecule has 1 unspecified atom stereocenters. The minimum Gasteiger partial charge on any atom is -0.334 e. The van der Waals surface area contributed by atoms with Gasteiger partial charge < -0.3 is 9.47 Å². The van der Waals surface area contributed by atoms with Crippen LogP contribution in [0.1, 0.15) is 28.9 Å². The Morgan fingerprint density at radius 3 is 2.77 bits per heavy atom. The van der Waals surface area contributed by atoms with Crippen LogP contribution in [0.2, 0.25) is 0 Å².